The fourth-order valence-corrected chi connectivity index (χ4v) is 3.95. The Labute approximate surface area is 187 Å². The maximum atomic E-state index is 12.9. The van der Waals surface area contributed by atoms with E-state index < -0.39 is 5.41 Å². The first-order valence-corrected chi connectivity index (χ1v) is 11.0. The molecule has 1 amide bonds. The first kappa shape index (κ1) is 20.4. The van der Waals surface area contributed by atoms with Crippen LogP contribution in [-0.4, -0.2) is 36.9 Å². The lowest BCUT2D eigenvalue weighted by atomic mass is 9.90. The van der Waals surface area contributed by atoms with Gasteiger partial charge in [-0.05, 0) is 55.8 Å². The number of carbonyl (C=O) groups is 1. The van der Waals surface area contributed by atoms with Gasteiger partial charge in [0.05, 0.1) is 17.3 Å². The molecule has 2 aromatic heterocycles. The Bertz CT molecular complexity index is 1250. The molecule has 7 nitrogen and oxygen atoms in total. The second kappa shape index (κ2) is 8.10. The van der Waals surface area contributed by atoms with Gasteiger partial charge in [-0.15, -0.1) is 0 Å². The number of amides is 1. The molecule has 0 unspecified atom stereocenters. The summed E-state index contributed by atoms with van der Waals surface area (Å²) in [6.07, 6.45) is 1.39. The summed E-state index contributed by atoms with van der Waals surface area (Å²) >= 11 is 2.27. The highest BCUT2D eigenvalue weighted by Gasteiger charge is 2.20. The minimum Gasteiger partial charge on any atom is -0.344 e. The second-order valence-electron chi connectivity index (χ2n) is 7.72. The van der Waals surface area contributed by atoms with Crippen molar-refractivity contribution in [2.24, 2.45) is 0 Å². The van der Waals surface area contributed by atoms with Crippen molar-refractivity contribution >= 4 is 56.6 Å². The molecule has 2 heterocycles. The Kier molecular flexibility index (Phi) is 5.50. The number of pyridine rings is 1. The van der Waals surface area contributed by atoms with Crippen LogP contribution in [-0.2, 0) is 5.41 Å². The molecule has 0 fully saturated rings. The van der Waals surface area contributed by atoms with Crippen LogP contribution in [0.3, 0.4) is 0 Å². The van der Waals surface area contributed by atoms with E-state index in [1.54, 1.807) is 6.07 Å². The largest absolute Gasteiger partial charge is 0.344 e. The van der Waals surface area contributed by atoms with E-state index in [9.17, 15) is 4.79 Å². The highest BCUT2D eigenvalue weighted by molar-refractivity contribution is 14.1. The Hall–Kier alpha value is -2.88. The lowest BCUT2D eigenvalue weighted by Crippen LogP contribution is -2.29. The number of carbonyl (C=O) groups excluding carboxylic acids is 1. The summed E-state index contributed by atoms with van der Waals surface area (Å²) in [6, 6.07) is 15.0. The molecule has 0 aliphatic carbocycles. The maximum absolute atomic E-state index is 12.9. The number of aromatic nitrogens is 4. The second-order valence-corrected chi connectivity index (χ2v) is 8.60. The quantitative estimate of drug-likeness (QED) is 0.203. The van der Waals surface area contributed by atoms with Crippen molar-refractivity contribution in [3.63, 3.8) is 0 Å². The van der Waals surface area contributed by atoms with E-state index in [4.69, 9.17) is 5.41 Å². The summed E-state index contributed by atoms with van der Waals surface area (Å²) in [4.78, 5) is 17.6. The highest BCUT2D eigenvalue weighted by Crippen LogP contribution is 2.24. The molecule has 0 radical (unpaired) electrons. The van der Waals surface area contributed by atoms with Crippen LogP contribution in [0.25, 0.3) is 21.9 Å². The standard InChI is InChI=1S/C22H21IN6O/c1-22(2,12-24)20-8-5-13-9-15(4-6-16(13)25-20)21(30)26-19(11-23)14-3-7-17-18(10-14)28-29-27-17/h3-10,12,19,24H,11H2,1-2H3,(H,26,30)(H,27,28,29)/t19-/m1/s1. The van der Waals surface area contributed by atoms with Crippen molar-refractivity contribution in [3.8, 4) is 0 Å². The average Bonchev–Trinajstić information content (AvgIpc) is 3.24. The number of alkyl halides is 1. The summed E-state index contributed by atoms with van der Waals surface area (Å²) in [5.41, 5.74) is 4.35. The van der Waals surface area contributed by atoms with Gasteiger partial charge in [0.15, 0.2) is 0 Å². The van der Waals surface area contributed by atoms with E-state index in [-0.39, 0.29) is 11.9 Å². The normalized spacial score (nSPS) is 12.8. The summed E-state index contributed by atoms with van der Waals surface area (Å²) in [5, 5.41) is 22.4. The molecular weight excluding hydrogens is 491 g/mol. The first-order chi connectivity index (χ1) is 14.4. The zero-order valence-corrected chi connectivity index (χ0v) is 18.8. The summed E-state index contributed by atoms with van der Waals surface area (Å²) in [7, 11) is 0. The van der Waals surface area contributed by atoms with Crippen molar-refractivity contribution in [3.05, 3.63) is 65.4 Å². The molecule has 0 aliphatic heterocycles. The van der Waals surface area contributed by atoms with Gasteiger partial charge in [-0.3, -0.25) is 9.78 Å². The summed E-state index contributed by atoms with van der Waals surface area (Å²) in [6.45, 7) is 3.91. The number of hydrogen-bond acceptors (Lipinski definition) is 5. The summed E-state index contributed by atoms with van der Waals surface area (Å²) in [5.74, 6) is -0.136. The number of benzene rings is 2. The SMILES string of the molecule is CC(C)(C=N)c1ccc2cc(C(=O)N[C@H](CI)c3ccc4n[nH]nc4c3)ccc2n1. The van der Waals surface area contributed by atoms with Crippen LogP contribution in [0.15, 0.2) is 48.5 Å². The van der Waals surface area contributed by atoms with E-state index >= 15 is 0 Å². The molecule has 8 heteroatoms. The van der Waals surface area contributed by atoms with E-state index in [2.05, 4.69) is 48.3 Å². The number of fused-ring (bicyclic) bond motifs is 2. The molecule has 4 aromatic rings. The Balaban J connectivity index is 1.58. The zero-order chi connectivity index (χ0) is 21.3. The third kappa shape index (κ3) is 3.91. The van der Waals surface area contributed by atoms with E-state index in [0.717, 1.165) is 37.6 Å². The predicted molar refractivity (Wildman–Crippen MR) is 127 cm³/mol. The Morgan fingerprint density at radius 1 is 1.13 bits per heavy atom. The smallest absolute Gasteiger partial charge is 0.251 e. The zero-order valence-electron chi connectivity index (χ0n) is 16.6. The van der Waals surface area contributed by atoms with Crippen LogP contribution >= 0.6 is 22.6 Å². The Morgan fingerprint density at radius 3 is 2.67 bits per heavy atom. The number of hydrogen-bond donors (Lipinski definition) is 3. The fraction of sp³-hybridized carbons (Fsp3) is 0.227. The van der Waals surface area contributed by atoms with Gasteiger partial charge in [0.1, 0.15) is 11.0 Å². The number of halogens is 1. The molecule has 1 atom stereocenters. The first-order valence-electron chi connectivity index (χ1n) is 9.51. The van der Waals surface area contributed by atoms with Crippen LogP contribution in [0.2, 0.25) is 0 Å². The van der Waals surface area contributed by atoms with Gasteiger partial charge >= 0.3 is 0 Å². The number of nitrogens with one attached hydrogen (secondary N) is 3. The van der Waals surface area contributed by atoms with Crippen LogP contribution in [0.1, 0.15) is 41.5 Å². The molecule has 0 saturated heterocycles. The van der Waals surface area contributed by atoms with Gasteiger partial charge in [0.2, 0.25) is 0 Å². The van der Waals surface area contributed by atoms with Gasteiger partial charge in [-0.2, -0.15) is 15.4 Å². The molecule has 152 valence electrons. The van der Waals surface area contributed by atoms with E-state index in [1.165, 1.54) is 6.21 Å². The number of rotatable bonds is 6. The third-order valence-corrected chi connectivity index (χ3v) is 6.06. The molecule has 0 bridgehead atoms. The third-order valence-electron chi connectivity index (χ3n) is 5.17. The van der Waals surface area contributed by atoms with Crippen molar-refractivity contribution in [2.75, 3.05) is 4.43 Å². The molecular formula is C22H21IN6O. The van der Waals surface area contributed by atoms with Crippen molar-refractivity contribution in [1.29, 1.82) is 5.41 Å². The lowest BCUT2D eigenvalue weighted by molar-refractivity contribution is 0.0941. The topological polar surface area (TPSA) is 107 Å². The molecule has 2 aromatic carbocycles. The van der Waals surface area contributed by atoms with Gasteiger partial charge in [-0.25, -0.2) is 0 Å². The Morgan fingerprint density at radius 2 is 1.90 bits per heavy atom. The summed E-state index contributed by atoms with van der Waals surface area (Å²) < 4.78 is 0.726. The fourth-order valence-electron chi connectivity index (χ4n) is 3.23. The monoisotopic (exact) mass is 512 g/mol. The van der Waals surface area contributed by atoms with Crippen LogP contribution < -0.4 is 5.32 Å². The van der Waals surface area contributed by atoms with Crippen molar-refractivity contribution in [1.82, 2.24) is 25.7 Å². The molecule has 0 spiro atoms. The van der Waals surface area contributed by atoms with Gasteiger partial charge in [-0.1, -0.05) is 34.7 Å². The number of H-pyrrole nitrogens is 1. The molecule has 0 aliphatic rings. The van der Waals surface area contributed by atoms with E-state index in [0.29, 0.717) is 5.56 Å². The van der Waals surface area contributed by atoms with Crippen molar-refractivity contribution < 1.29 is 4.79 Å². The lowest BCUT2D eigenvalue weighted by Gasteiger charge is -2.19. The van der Waals surface area contributed by atoms with Gasteiger partial charge in [0, 0.05) is 27.0 Å². The molecule has 0 saturated carbocycles. The minimum absolute atomic E-state index is 0.135. The molecule has 3 N–H and O–H groups in total. The average molecular weight is 512 g/mol. The van der Waals surface area contributed by atoms with Crippen LogP contribution in [0, 0.1) is 5.41 Å². The highest BCUT2D eigenvalue weighted by atomic mass is 127. The molecule has 4 rings (SSSR count). The van der Waals surface area contributed by atoms with Crippen LogP contribution in [0.4, 0.5) is 0 Å². The van der Waals surface area contributed by atoms with Gasteiger partial charge < -0.3 is 10.7 Å². The van der Waals surface area contributed by atoms with Crippen LogP contribution in [0.5, 0.6) is 0 Å². The number of nitrogens with zero attached hydrogens (tertiary/aromatic N) is 3. The number of aromatic amines is 1. The van der Waals surface area contributed by atoms with Gasteiger partial charge in [0.25, 0.3) is 5.91 Å². The van der Waals surface area contributed by atoms with Crippen molar-refractivity contribution in [2.45, 2.75) is 25.3 Å². The maximum Gasteiger partial charge on any atom is 0.251 e. The minimum atomic E-state index is -0.428. The predicted octanol–water partition coefficient (Wildman–Crippen LogP) is 4.34. The molecule has 30 heavy (non-hydrogen) atoms. The van der Waals surface area contributed by atoms with E-state index in [1.807, 2.05) is 56.3 Å².